The Hall–Kier alpha value is -1.02. The van der Waals surface area contributed by atoms with Crippen LogP contribution in [0, 0.1) is 5.92 Å². The van der Waals surface area contributed by atoms with E-state index in [0.29, 0.717) is 12.0 Å². The van der Waals surface area contributed by atoms with Gasteiger partial charge >= 0.3 is 0 Å². The van der Waals surface area contributed by atoms with Gasteiger partial charge in [-0.2, -0.15) is 0 Å². The third kappa shape index (κ3) is 1.71. The SMILES string of the molecule is Clc1cccc(C2=NO[C@H]3CCCC[C@@H]23)c1. The van der Waals surface area contributed by atoms with Gasteiger partial charge in [0, 0.05) is 16.5 Å². The van der Waals surface area contributed by atoms with Crippen LogP contribution >= 0.6 is 11.6 Å². The fourth-order valence-corrected chi connectivity index (χ4v) is 2.83. The van der Waals surface area contributed by atoms with Crippen molar-refractivity contribution in [1.29, 1.82) is 0 Å². The first-order valence-corrected chi connectivity index (χ1v) is 6.22. The summed E-state index contributed by atoms with van der Waals surface area (Å²) in [5.74, 6) is 0.479. The summed E-state index contributed by atoms with van der Waals surface area (Å²) in [6.45, 7) is 0. The van der Waals surface area contributed by atoms with Crippen LogP contribution in [0.3, 0.4) is 0 Å². The summed E-state index contributed by atoms with van der Waals surface area (Å²) in [4.78, 5) is 5.51. The first kappa shape index (κ1) is 10.2. The van der Waals surface area contributed by atoms with Crippen LogP contribution in [0.1, 0.15) is 31.2 Å². The molecular weight excluding hydrogens is 222 g/mol. The molecule has 1 aromatic carbocycles. The first-order chi connectivity index (χ1) is 7.84. The molecule has 84 valence electrons. The van der Waals surface area contributed by atoms with Gasteiger partial charge in [-0.1, -0.05) is 35.3 Å². The number of nitrogens with zero attached hydrogens (tertiary/aromatic N) is 1. The van der Waals surface area contributed by atoms with E-state index in [-0.39, 0.29) is 0 Å². The molecule has 2 aliphatic rings. The molecule has 1 aliphatic carbocycles. The highest BCUT2D eigenvalue weighted by Gasteiger charge is 2.36. The molecule has 3 heteroatoms. The molecule has 0 radical (unpaired) electrons. The van der Waals surface area contributed by atoms with Crippen molar-refractivity contribution in [3.63, 3.8) is 0 Å². The van der Waals surface area contributed by atoms with Gasteiger partial charge in [0.15, 0.2) is 0 Å². The second-order valence-electron chi connectivity index (χ2n) is 4.52. The molecule has 1 heterocycles. The predicted octanol–water partition coefficient (Wildman–Crippen LogP) is 3.63. The largest absolute Gasteiger partial charge is 0.392 e. The molecule has 1 aliphatic heterocycles. The highest BCUT2D eigenvalue weighted by Crippen LogP contribution is 2.34. The summed E-state index contributed by atoms with van der Waals surface area (Å²) in [5.41, 5.74) is 2.20. The number of halogens is 1. The zero-order chi connectivity index (χ0) is 11.0. The zero-order valence-corrected chi connectivity index (χ0v) is 9.78. The van der Waals surface area contributed by atoms with E-state index in [1.165, 1.54) is 19.3 Å². The maximum atomic E-state index is 6.00. The average Bonchev–Trinajstić information content (AvgIpc) is 2.72. The second kappa shape index (κ2) is 4.10. The lowest BCUT2D eigenvalue weighted by atomic mass is 9.82. The standard InChI is InChI=1S/C13H14ClNO/c14-10-5-3-4-9(8-10)13-11-6-1-2-7-12(11)16-15-13/h3-5,8,11-12H,1-2,6-7H2/t11-,12+/m1/s1. The lowest BCUT2D eigenvalue weighted by molar-refractivity contribution is 0.0397. The molecule has 0 bridgehead atoms. The summed E-state index contributed by atoms with van der Waals surface area (Å²) in [6.07, 6.45) is 5.18. The van der Waals surface area contributed by atoms with Crippen molar-refractivity contribution in [1.82, 2.24) is 0 Å². The lowest BCUT2D eigenvalue weighted by Gasteiger charge is -2.23. The van der Waals surface area contributed by atoms with E-state index in [0.717, 1.165) is 22.7 Å². The molecule has 0 N–H and O–H groups in total. The van der Waals surface area contributed by atoms with Crippen LogP contribution in [-0.2, 0) is 4.84 Å². The van der Waals surface area contributed by atoms with E-state index in [4.69, 9.17) is 16.4 Å². The fourth-order valence-electron chi connectivity index (χ4n) is 2.64. The first-order valence-electron chi connectivity index (χ1n) is 5.84. The Morgan fingerprint density at radius 3 is 3.00 bits per heavy atom. The summed E-state index contributed by atoms with van der Waals surface area (Å²) in [5, 5.41) is 5.01. The number of fused-ring (bicyclic) bond motifs is 1. The lowest BCUT2D eigenvalue weighted by Crippen LogP contribution is -2.27. The van der Waals surface area contributed by atoms with Crippen molar-refractivity contribution in [2.24, 2.45) is 11.1 Å². The molecule has 0 spiro atoms. The highest BCUT2D eigenvalue weighted by atomic mass is 35.5. The van der Waals surface area contributed by atoms with Gasteiger partial charge < -0.3 is 4.84 Å². The minimum atomic E-state index is 0.308. The molecule has 0 amide bonds. The van der Waals surface area contributed by atoms with Crippen LogP contribution in [0.15, 0.2) is 29.4 Å². The molecule has 0 aromatic heterocycles. The summed E-state index contributed by atoms with van der Waals surface area (Å²) < 4.78 is 0. The Bertz CT molecular complexity index is 430. The Morgan fingerprint density at radius 2 is 2.12 bits per heavy atom. The summed E-state index contributed by atoms with van der Waals surface area (Å²) >= 11 is 6.00. The average molecular weight is 236 g/mol. The Kier molecular flexibility index (Phi) is 2.60. The topological polar surface area (TPSA) is 21.6 Å². The molecule has 0 saturated heterocycles. The summed E-state index contributed by atoms with van der Waals surface area (Å²) in [7, 11) is 0. The van der Waals surface area contributed by atoms with E-state index in [1.54, 1.807) is 0 Å². The Morgan fingerprint density at radius 1 is 1.25 bits per heavy atom. The van der Waals surface area contributed by atoms with Crippen molar-refractivity contribution in [3.05, 3.63) is 34.9 Å². The number of oxime groups is 1. The van der Waals surface area contributed by atoms with Crippen LogP contribution in [0.5, 0.6) is 0 Å². The third-order valence-corrected chi connectivity index (χ3v) is 3.70. The monoisotopic (exact) mass is 235 g/mol. The molecule has 1 saturated carbocycles. The molecular formula is C13H14ClNO. The fraction of sp³-hybridized carbons (Fsp3) is 0.462. The van der Waals surface area contributed by atoms with Gasteiger partial charge in [-0.25, -0.2) is 0 Å². The van der Waals surface area contributed by atoms with Crippen molar-refractivity contribution >= 4 is 17.3 Å². The molecule has 1 fully saturated rings. The van der Waals surface area contributed by atoms with Crippen molar-refractivity contribution < 1.29 is 4.84 Å². The van der Waals surface area contributed by atoms with Gasteiger partial charge in [-0.3, -0.25) is 0 Å². The smallest absolute Gasteiger partial charge is 0.136 e. The third-order valence-electron chi connectivity index (χ3n) is 3.46. The van der Waals surface area contributed by atoms with Crippen LogP contribution in [0.4, 0.5) is 0 Å². The van der Waals surface area contributed by atoms with E-state index >= 15 is 0 Å². The van der Waals surface area contributed by atoms with Crippen molar-refractivity contribution in [3.8, 4) is 0 Å². The molecule has 2 nitrogen and oxygen atoms in total. The van der Waals surface area contributed by atoms with E-state index in [2.05, 4.69) is 11.2 Å². The van der Waals surface area contributed by atoms with Gasteiger partial charge in [0.1, 0.15) is 6.10 Å². The molecule has 3 rings (SSSR count). The highest BCUT2D eigenvalue weighted by molar-refractivity contribution is 6.31. The van der Waals surface area contributed by atoms with Crippen LogP contribution in [-0.4, -0.2) is 11.8 Å². The Balaban J connectivity index is 1.90. The van der Waals surface area contributed by atoms with Gasteiger partial charge in [-0.05, 0) is 31.4 Å². The number of benzene rings is 1. The molecule has 0 unspecified atom stereocenters. The van der Waals surface area contributed by atoms with Gasteiger partial charge in [-0.15, -0.1) is 0 Å². The maximum absolute atomic E-state index is 6.00. The molecule has 16 heavy (non-hydrogen) atoms. The quantitative estimate of drug-likeness (QED) is 0.728. The minimum Gasteiger partial charge on any atom is -0.392 e. The van der Waals surface area contributed by atoms with Crippen LogP contribution in [0.2, 0.25) is 5.02 Å². The predicted molar refractivity (Wildman–Crippen MR) is 64.8 cm³/mol. The van der Waals surface area contributed by atoms with Crippen LogP contribution in [0.25, 0.3) is 0 Å². The summed E-state index contributed by atoms with van der Waals surface area (Å²) in [6, 6.07) is 7.89. The van der Waals surface area contributed by atoms with E-state index in [1.807, 2.05) is 18.2 Å². The minimum absolute atomic E-state index is 0.308. The second-order valence-corrected chi connectivity index (χ2v) is 4.96. The Labute approximate surface area is 100 Å². The number of rotatable bonds is 1. The van der Waals surface area contributed by atoms with Gasteiger partial charge in [0.2, 0.25) is 0 Å². The molecule has 2 atom stereocenters. The van der Waals surface area contributed by atoms with Crippen molar-refractivity contribution in [2.45, 2.75) is 31.8 Å². The zero-order valence-electron chi connectivity index (χ0n) is 9.03. The van der Waals surface area contributed by atoms with Crippen LogP contribution < -0.4 is 0 Å². The number of hydrogen-bond acceptors (Lipinski definition) is 2. The molecule has 1 aromatic rings. The normalized spacial score (nSPS) is 28.2. The van der Waals surface area contributed by atoms with Gasteiger partial charge in [0.25, 0.3) is 0 Å². The number of hydrogen-bond donors (Lipinski definition) is 0. The van der Waals surface area contributed by atoms with Crippen molar-refractivity contribution in [2.75, 3.05) is 0 Å². The van der Waals surface area contributed by atoms with E-state index in [9.17, 15) is 0 Å². The maximum Gasteiger partial charge on any atom is 0.136 e. The van der Waals surface area contributed by atoms with Gasteiger partial charge in [0.05, 0.1) is 5.71 Å². The van der Waals surface area contributed by atoms with E-state index < -0.39 is 0 Å².